The highest BCUT2D eigenvalue weighted by atomic mass is 32.1. The fourth-order valence-corrected chi connectivity index (χ4v) is 3.58. The highest BCUT2D eigenvalue weighted by Crippen LogP contribution is 2.26. The van der Waals surface area contributed by atoms with Gasteiger partial charge in [0.25, 0.3) is 5.91 Å². The lowest BCUT2D eigenvalue weighted by Crippen LogP contribution is -2.22. The second-order valence-electron chi connectivity index (χ2n) is 6.62. The predicted octanol–water partition coefficient (Wildman–Crippen LogP) is 4.66. The molecule has 0 unspecified atom stereocenters. The summed E-state index contributed by atoms with van der Waals surface area (Å²) in [6.07, 6.45) is 0.923. The van der Waals surface area contributed by atoms with Gasteiger partial charge in [-0.1, -0.05) is 48.0 Å². The van der Waals surface area contributed by atoms with E-state index in [0.29, 0.717) is 17.3 Å². The molecule has 6 nitrogen and oxygen atoms in total. The van der Waals surface area contributed by atoms with Crippen LogP contribution in [0.1, 0.15) is 33.7 Å². The van der Waals surface area contributed by atoms with E-state index in [1.165, 1.54) is 0 Å². The van der Waals surface area contributed by atoms with Crippen LogP contribution in [0.3, 0.4) is 0 Å². The molecule has 0 radical (unpaired) electrons. The molecule has 4 rings (SSSR count). The normalized spacial score (nSPS) is 10.8. The van der Waals surface area contributed by atoms with Crippen LogP contribution in [0.15, 0.2) is 58.4 Å². The third-order valence-electron chi connectivity index (χ3n) is 4.45. The van der Waals surface area contributed by atoms with Gasteiger partial charge in [0.15, 0.2) is 0 Å². The Hall–Kier alpha value is -3.32. The number of amides is 1. The second-order valence-corrected chi connectivity index (χ2v) is 7.56. The quantitative estimate of drug-likeness (QED) is 0.505. The number of nitrogens with zero attached hydrogens (tertiary/aromatic N) is 3. The summed E-state index contributed by atoms with van der Waals surface area (Å²) in [5.74, 6) is 0.659. The van der Waals surface area contributed by atoms with E-state index in [4.69, 9.17) is 4.52 Å². The fourth-order valence-electron chi connectivity index (χ4n) is 2.83. The van der Waals surface area contributed by atoms with Crippen molar-refractivity contribution in [3.63, 3.8) is 0 Å². The largest absolute Gasteiger partial charge is 0.343 e. The molecule has 1 amide bonds. The predicted molar refractivity (Wildman–Crippen MR) is 113 cm³/mol. The Kier molecular flexibility index (Phi) is 5.48. The highest BCUT2D eigenvalue weighted by Gasteiger charge is 2.12. The molecule has 0 aliphatic rings. The van der Waals surface area contributed by atoms with Crippen molar-refractivity contribution in [2.45, 2.75) is 26.8 Å². The average Bonchev–Trinajstić information content (AvgIpc) is 3.42. The smallest absolute Gasteiger partial charge is 0.251 e. The first-order chi connectivity index (χ1) is 14.1. The number of aryl methyl sites for hydroxylation is 2. The van der Waals surface area contributed by atoms with Crippen molar-refractivity contribution in [1.82, 2.24) is 20.4 Å². The minimum absolute atomic E-state index is 0.172. The van der Waals surface area contributed by atoms with Gasteiger partial charge in [0.1, 0.15) is 0 Å². The number of thiazole rings is 1. The zero-order valence-electron chi connectivity index (χ0n) is 16.2. The van der Waals surface area contributed by atoms with Crippen molar-refractivity contribution in [2.24, 2.45) is 0 Å². The van der Waals surface area contributed by atoms with Gasteiger partial charge in [-0.25, -0.2) is 4.98 Å². The molecule has 146 valence electrons. The molecule has 0 spiro atoms. The summed E-state index contributed by atoms with van der Waals surface area (Å²) in [7, 11) is 0. The Morgan fingerprint density at radius 2 is 1.90 bits per heavy atom. The van der Waals surface area contributed by atoms with Crippen LogP contribution < -0.4 is 5.32 Å². The third kappa shape index (κ3) is 4.41. The van der Waals surface area contributed by atoms with Gasteiger partial charge in [-0.15, -0.1) is 11.3 Å². The van der Waals surface area contributed by atoms with Crippen LogP contribution in [0.2, 0.25) is 0 Å². The number of aromatic nitrogens is 3. The fraction of sp³-hybridized carbons (Fsp3) is 0.182. The zero-order valence-corrected chi connectivity index (χ0v) is 17.0. The number of hydrogen-bond donors (Lipinski definition) is 1. The molecule has 29 heavy (non-hydrogen) atoms. The van der Waals surface area contributed by atoms with E-state index in [-0.39, 0.29) is 12.5 Å². The van der Waals surface area contributed by atoms with Gasteiger partial charge in [0, 0.05) is 22.1 Å². The summed E-state index contributed by atoms with van der Waals surface area (Å²) >= 11 is 1.66. The van der Waals surface area contributed by atoms with Crippen LogP contribution in [0.4, 0.5) is 0 Å². The van der Waals surface area contributed by atoms with Crippen LogP contribution in [-0.2, 0) is 13.0 Å². The Morgan fingerprint density at radius 1 is 1.10 bits per heavy atom. The number of hydrogen-bond acceptors (Lipinski definition) is 6. The Labute approximate surface area is 172 Å². The molecule has 0 saturated carbocycles. The maximum Gasteiger partial charge on any atom is 0.251 e. The summed E-state index contributed by atoms with van der Waals surface area (Å²) < 4.78 is 5.30. The van der Waals surface area contributed by atoms with Gasteiger partial charge in [-0.3, -0.25) is 4.79 Å². The van der Waals surface area contributed by atoms with Crippen LogP contribution in [0.5, 0.6) is 0 Å². The van der Waals surface area contributed by atoms with Crippen LogP contribution in [0.25, 0.3) is 22.6 Å². The summed E-state index contributed by atoms with van der Waals surface area (Å²) in [4.78, 5) is 21.3. The minimum Gasteiger partial charge on any atom is -0.343 e. The minimum atomic E-state index is -0.179. The third-order valence-corrected chi connectivity index (χ3v) is 5.45. The summed E-state index contributed by atoms with van der Waals surface area (Å²) in [6, 6.07) is 15.3. The number of benzene rings is 2. The first-order valence-electron chi connectivity index (χ1n) is 9.35. The van der Waals surface area contributed by atoms with Crippen molar-refractivity contribution in [3.8, 4) is 22.6 Å². The molecular weight excluding hydrogens is 384 g/mol. The van der Waals surface area contributed by atoms with Crippen LogP contribution >= 0.6 is 11.3 Å². The topological polar surface area (TPSA) is 80.9 Å². The molecule has 0 fully saturated rings. The van der Waals surface area contributed by atoms with Crippen molar-refractivity contribution < 1.29 is 9.32 Å². The lowest BCUT2D eigenvalue weighted by Gasteiger charge is -2.02. The van der Waals surface area contributed by atoms with Crippen LogP contribution in [-0.4, -0.2) is 21.0 Å². The van der Waals surface area contributed by atoms with Gasteiger partial charge in [-0.2, -0.15) is 4.98 Å². The average molecular weight is 404 g/mol. The molecule has 2 aromatic carbocycles. The molecule has 0 atom stereocenters. The molecule has 4 aromatic rings. The molecule has 2 aromatic heterocycles. The molecule has 2 heterocycles. The Balaban J connectivity index is 1.45. The van der Waals surface area contributed by atoms with Gasteiger partial charge >= 0.3 is 0 Å². The van der Waals surface area contributed by atoms with Gasteiger partial charge < -0.3 is 9.84 Å². The van der Waals surface area contributed by atoms with E-state index in [0.717, 1.165) is 33.8 Å². The molecule has 1 N–H and O–H groups in total. The van der Waals surface area contributed by atoms with E-state index in [2.05, 4.69) is 32.7 Å². The van der Waals surface area contributed by atoms with Crippen molar-refractivity contribution >= 4 is 17.2 Å². The van der Waals surface area contributed by atoms with E-state index in [1.807, 2.05) is 43.3 Å². The highest BCUT2D eigenvalue weighted by molar-refractivity contribution is 7.09. The standard InChI is InChI=1S/C22H20N4O2S/c1-3-20-24-18(13-29-20)16-5-4-6-17(11-16)21-25-19(28-26-21)12-23-22(27)15-9-7-14(2)8-10-15/h4-11,13H,3,12H2,1-2H3,(H,23,27). The summed E-state index contributed by atoms with van der Waals surface area (Å²) in [5, 5.41) is 10.0. The second kappa shape index (κ2) is 8.36. The molecule has 0 bridgehead atoms. The van der Waals surface area contributed by atoms with E-state index < -0.39 is 0 Å². The van der Waals surface area contributed by atoms with E-state index in [1.54, 1.807) is 23.5 Å². The maximum atomic E-state index is 12.2. The van der Waals surface area contributed by atoms with Gasteiger partial charge in [-0.05, 0) is 31.5 Å². The molecule has 0 aliphatic heterocycles. The van der Waals surface area contributed by atoms with Gasteiger partial charge in [0.2, 0.25) is 11.7 Å². The lowest BCUT2D eigenvalue weighted by atomic mass is 10.1. The molecule has 7 heteroatoms. The maximum absolute atomic E-state index is 12.2. The van der Waals surface area contributed by atoms with Gasteiger partial charge in [0.05, 0.1) is 17.2 Å². The molecular formula is C22H20N4O2S. The molecule has 0 saturated heterocycles. The van der Waals surface area contributed by atoms with Crippen molar-refractivity contribution in [1.29, 1.82) is 0 Å². The Morgan fingerprint density at radius 3 is 2.66 bits per heavy atom. The van der Waals surface area contributed by atoms with Crippen molar-refractivity contribution in [3.05, 3.63) is 75.9 Å². The lowest BCUT2D eigenvalue weighted by molar-refractivity contribution is 0.0946. The number of nitrogens with one attached hydrogen (secondary N) is 1. The van der Waals surface area contributed by atoms with E-state index in [9.17, 15) is 4.79 Å². The first kappa shape index (κ1) is 19.0. The monoisotopic (exact) mass is 404 g/mol. The zero-order chi connectivity index (χ0) is 20.2. The van der Waals surface area contributed by atoms with Crippen molar-refractivity contribution in [2.75, 3.05) is 0 Å². The SMILES string of the molecule is CCc1nc(-c2cccc(-c3noc(CNC(=O)c4ccc(C)cc4)n3)c2)cs1. The Bertz CT molecular complexity index is 1130. The van der Waals surface area contributed by atoms with E-state index >= 15 is 0 Å². The summed E-state index contributed by atoms with van der Waals surface area (Å²) in [5.41, 5.74) is 4.50. The molecule has 0 aliphatic carbocycles. The number of carbonyl (C=O) groups is 1. The number of rotatable bonds is 6. The van der Waals surface area contributed by atoms with Crippen LogP contribution in [0, 0.1) is 6.92 Å². The summed E-state index contributed by atoms with van der Waals surface area (Å²) in [6.45, 7) is 4.25. The first-order valence-corrected chi connectivity index (χ1v) is 10.2. The number of carbonyl (C=O) groups excluding carboxylic acids is 1.